The highest BCUT2D eigenvalue weighted by Crippen LogP contribution is 2.36. The van der Waals surface area contributed by atoms with E-state index in [1.807, 2.05) is 30.1 Å². The Bertz CT molecular complexity index is 709. The minimum absolute atomic E-state index is 0.544. The predicted molar refractivity (Wildman–Crippen MR) is 89.8 cm³/mol. The molecule has 4 nitrogen and oxygen atoms in total. The molecule has 0 bridgehead atoms. The molecule has 22 heavy (non-hydrogen) atoms. The minimum atomic E-state index is 0.544. The fraction of sp³-hybridized carbons (Fsp3) is 0.312. The summed E-state index contributed by atoms with van der Waals surface area (Å²) in [5.41, 5.74) is 3.28. The lowest BCUT2D eigenvalue weighted by molar-refractivity contribution is 0.343. The van der Waals surface area contributed by atoms with Crippen LogP contribution in [0.1, 0.15) is 11.1 Å². The Hall–Kier alpha value is -1.49. The number of hydrogen-bond donors (Lipinski definition) is 1. The number of nitrogens with one attached hydrogen (secondary N) is 1. The number of aromatic nitrogens is 2. The van der Waals surface area contributed by atoms with Crippen LogP contribution in [0, 0.1) is 6.92 Å². The molecule has 1 aliphatic rings. The fourth-order valence-electron chi connectivity index (χ4n) is 2.40. The first-order chi connectivity index (χ1) is 10.6. The molecule has 0 radical (unpaired) electrons. The number of hydrogen-bond acceptors (Lipinski definition) is 3. The van der Waals surface area contributed by atoms with Crippen LogP contribution in [0.4, 0.5) is 0 Å². The van der Waals surface area contributed by atoms with Crippen molar-refractivity contribution in [3.8, 4) is 5.75 Å². The molecule has 6 heteroatoms. The highest BCUT2D eigenvalue weighted by atomic mass is 35.5. The zero-order valence-corrected chi connectivity index (χ0v) is 13.8. The van der Waals surface area contributed by atoms with Gasteiger partial charge in [-0.15, -0.1) is 0 Å². The maximum Gasteiger partial charge on any atom is 0.145 e. The second kappa shape index (κ2) is 6.73. The van der Waals surface area contributed by atoms with Crippen LogP contribution in [0.25, 0.3) is 6.08 Å². The first-order valence-electron chi connectivity index (χ1n) is 7.13. The number of halogens is 2. The number of aryl methyl sites for hydroxylation is 1. The van der Waals surface area contributed by atoms with E-state index >= 15 is 0 Å². The van der Waals surface area contributed by atoms with E-state index in [1.54, 1.807) is 6.07 Å². The van der Waals surface area contributed by atoms with E-state index in [1.165, 1.54) is 11.1 Å². The summed E-state index contributed by atoms with van der Waals surface area (Å²) in [6.07, 6.45) is 5.98. The van der Waals surface area contributed by atoms with Crippen molar-refractivity contribution in [1.29, 1.82) is 0 Å². The summed E-state index contributed by atoms with van der Waals surface area (Å²) >= 11 is 12.2. The van der Waals surface area contributed by atoms with Gasteiger partial charge in [0.15, 0.2) is 0 Å². The average molecular weight is 338 g/mol. The first kappa shape index (κ1) is 15.4. The molecule has 0 saturated heterocycles. The van der Waals surface area contributed by atoms with Crippen LogP contribution in [0.5, 0.6) is 5.75 Å². The zero-order chi connectivity index (χ0) is 15.5. The number of fused-ring (bicyclic) bond motifs is 1. The van der Waals surface area contributed by atoms with Crippen molar-refractivity contribution in [3.05, 3.63) is 51.3 Å². The van der Waals surface area contributed by atoms with E-state index in [0.29, 0.717) is 22.4 Å². The van der Waals surface area contributed by atoms with Crippen LogP contribution in [0.15, 0.2) is 30.1 Å². The topological polar surface area (TPSA) is 39.1 Å². The van der Waals surface area contributed by atoms with Crippen molar-refractivity contribution in [2.75, 3.05) is 19.7 Å². The third kappa shape index (κ3) is 3.64. The molecule has 0 atom stereocenters. The standard InChI is InChI=1S/C16H17Cl2N3O/c1-11-7-20-21(9-11)3-2-19-8-12-4-13-5-14(17)6-15(18)16(13)22-10-12/h4-7,9,19H,2-3,8,10H2,1H3. The van der Waals surface area contributed by atoms with Crippen LogP contribution in [0.3, 0.4) is 0 Å². The van der Waals surface area contributed by atoms with Gasteiger partial charge >= 0.3 is 0 Å². The molecule has 2 heterocycles. The summed E-state index contributed by atoms with van der Waals surface area (Å²) in [6.45, 7) is 5.04. The highest BCUT2D eigenvalue weighted by Gasteiger charge is 2.15. The van der Waals surface area contributed by atoms with E-state index in [9.17, 15) is 0 Å². The SMILES string of the molecule is Cc1cnn(CCNCC2=Cc3cc(Cl)cc(Cl)c3OC2)c1. The van der Waals surface area contributed by atoms with Gasteiger partial charge in [-0.05, 0) is 36.3 Å². The fourth-order valence-corrected chi connectivity index (χ4v) is 2.96. The van der Waals surface area contributed by atoms with Gasteiger partial charge in [-0.25, -0.2) is 0 Å². The molecule has 0 spiro atoms. The molecule has 1 aromatic carbocycles. The van der Waals surface area contributed by atoms with Crippen molar-refractivity contribution in [2.45, 2.75) is 13.5 Å². The minimum Gasteiger partial charge on any atom is -0.487 e. The van der Waals surface area contributed by atoms with Crippen LogP contribution >= 0.6 is 23.2 Å². The maximum absolute atomic E-state index is 6.13. The first-order valence-corrected chi connectivity index (χ1v) is 7.88. The van der Waals surface area contributed by atoms with Crippen molar-refractivity contribution < 1.29 is 4.74 Å². The number of rotatable bonds is 5. The van der Waals surface area contributed by atoms with Crippen molar-refractivity contribution in [1.82, 2.24) is 15.1 Å². The molecule has 1 aromatic heterocycles. The summed E-state index contributed by atoms with van der Waals surface area (Å²) in [6, 6.07) is 3.57. The number of benzene rings is 1. The molecule has 3 rings (SSSR count). The average Bonchev–Trinajstić information content (AvgIpc) is 2.88. The Balaban J connectivity index is 1.56. The Labute approximate surface area is 139 Å². The highest BCUT2D eigenvalue weighted by molar-refractivity contribution is 6.36. The summed E-state index contributed by atoms with van der Waals surface area (Å²) in [7, 11) is 0. The Morgan fingerprint density at radius 3 is 3.00 bits per heavy atom. The van der Waals surface area contributed by atoms with Crippen LogP contribution in [-0.4, -0.2) is 29.5 Å². The van der Waals surface area contributed by atoms with Gasteiger partial charge in [-0.3, -0.25) is 4.68 Å². The second-order valence-corrected chi connectivity index (χ2v) is 6.20. The Morgan fingerprint density at radius 2 is 2.23 bits per heavy atom. The summed E-state index contributed by atoms with van der Waals surface area (Å²) < 4.78 is 7.66. The smallest absolute Gasteiger partial charge is 0.145 e. The van der Waals surface area contributed by atoms with Gasteiger partial charge in [0.25, 0.3) is 0 Å². The molecule has 2 aromatic rings. The van der Waals surface area contributed by atoms with E-state index < -0.39 is 0 Å². The van der Waals surface area contributed by atoms with Gasteiger partial charge in [-0.1, -0.05) is 23.2 Å². The molecule has 0 fully saturated rings. The van der Waals surface area contributed by atoms with Gasteiger partial charge in [0.1, 0.15) is 12.4 Å². The second-order valence-electron chi connectivity index (χ2n) is 5.35. The number of nitrogens with zero attached hydrogens (tertiary/aromatic N) is 2. The lowest BCUT2D eigenvalue weighted by atomic mass is 10.1. The number of ether oxygens (including phenoxy) is 1. The van der Waals surface area contributed by atoms with Gasteiger partial charge in [0, 0.05) is 29.9 Å². The maximum atomic E-state index is 6.13. The monoisotopic (exact) mass is 337 g/mol. The predicted octanol–water partition coefficient (Wildman–Crippen LogP) is 3.56. The molecule has 0 amide bonds. The normalized spacial score (nSPS) is 13.5. The van der Waals surface area contributed by atoms with E-state index in [-0.39, 0.29) is 0 Å². The van der Waals surface area contributed by atoms with Crippen LogP contribution in [-0.2, 0) is 6.54 Å². The van der Waals surface area contributed by atoms with Crippen molar-refractivity contribution in [2.24, 2.45) is 0 Å². The zero-order valence-electron chi connectivity index (χ0n) is 12.3. The summed E-state index contributed by atoms with van der Waals surface area (Å²) in [4.78, 5) is 0. The van der Waals surface area contributed by atoms with Gasteiger partial charge < -0.3 is 10.1 Å². The summed E-state index contributed by atoms with van der Waals surface area (Å²) in [5, 5.41) is 8.83. The van der Waals surface area contributed by atoms with Gasteiger partial charge in [-0.2, -0.15) is 5.10 Å². The van der Waals surface area contributed by atoms with E-state index in [4.69, 9.17) is 27.9 Å². The third-order valence-electron chi connectivity index (χ3n) is 3.43. The lowest BCUT2D eigenvalue weighted by Crippen LogP contribution is -2.25. The van der Waals surface area contributed by atoms with E-state index in [2.05, 4.69) is 16.5 Å². The van der Waals surface area contributed by atoms with Crippen molar-refractivity contribution in [3.63, 3.8) is 0 Å². The molecule has 0 aliphatic carbocycles. The Kier molecular flexibility index (Phi) is 4.71. The molecule has 0 saturated carbocycles. The summed E-state index contributed by atoms with van der Waals surface area (Å²) in [5.74, 6) is 0.710. The van der Waals surface area contributed by atoms with E-state index in [0.717, 1.165) is 25.2 Å². The van der Waals surface area contributed by atoms with Gasteiger partial charge in [0.2, 0.25) is 0 Å². The van der Waals surface area contributed by atoms with Gasteiger partial charge in [0.05, 0.1) is 17.8 Å². The van der Waals surface area contributed by atoms with Crippen molar-refractivity contribution >= 4 is 29.3 Å². The lowest BCUT2D eigenvalue weighted by Gasteiger charge is -2.19. The molecule has 116 valence electrons. The van der Waals surface area contributed by atoms with Crippen LogP contribution < -0.4 is 10.1 Å². The Morgan fingerprint density at radius 1 is 1.36 bits per heavy atom. The molecule has 1 aliphatic heterocycles. The molecular formula is C16H17Cl2N3O. The molecule has 1 N–H and O–H groups in total. The quantitative estimate of drug-likeness (QED) is 0.848. The molecule has 0 unspecified atom stereocenters. The largest absolute Gasteiger partial charge is 0.487 e. The third-order valence-corrected chi connectivity index (χ3v) is 3.93. The van der Waals surface area contributed by atoms with Crippen LogP contribution in [0.2, 0.25) is 10.0 Å². The molecular weight excluding hydrogens is 321 g/mol.